The fraction of sp³-hybridized carbons (Fsp3) is 0.400. The van der Waals surface area contributed by atoms with Crippen LogP contribution in [0.15, 0.2) is 28.7 Å². The number of benzene rings is 1. The first-order valence-electron chi connectivity index (χ1n) is 4.27. The van der Waals surface area contributed by atoms with Crippen LogP contribution in [0.4, 0.5) is 0 Å². The van der Waals surface area contributed by atoms with Crippen molar-refractivity contribution in [3.63, 3.8) is 0 Å². The third-order valence-electron chi connectivity index (χ3n) is 1.67. The first-order valence-corrected chi connectivity index (χ1v) is 5.50. The molecule has 1 aromatic rings. The highest BCUT2D eigenvalue weighted by molar-refractivity contribution is 9.10. The van der Waals surface area contributed by atoms with E-state index in [1.54, 1.807) is 0 Å². The second-order valence-electron chi connectivity index (χ2n) is 3.04. The summed E-state index contributed by atoms with van der Waals surface area (Å²) >= 11 is 9.19. The molecule has 1 rings (SSSR count). The summed E-state index contributed by atoms with van der Waals surface area (Å²) in [5, 5.41) is 3.46. The summed E-state index contributed by atoms with van der Waals surface area (Å²) in [5.41, 5.74) is 1.28. The number of hydrogen-bond donors (Lipinski definition) is 1. The average Bonchev–Trinajstić information content (AvgIpc) is 2.08. The van der Waals surface area contributed by atoms with E-state index in [0.29, 0.717) is 0 Å². The van der Waals surface area contributed by atoms with Gasteiger partial charge in [0.25, 0.3) is 0 Å². The van der Waals surface area contributed by atoms with Gasteiger partial charge in [-0.2, -0.15) is 0 Å². The van der Waals surface area contributed by atoms with Gasteiger partial charge in [-0.1, -0.05) is 28.1 Å². The van der Waals surface area contributed by atoms with Crippen molar-refractivity contribution in [3.05, 3.63) is 34.3 Å². The molecule has 1 nitrogen and oxygen atoms in total. The van der Waals surface area contributed by atoms with Crippen LogP contribution in [-0.2, 0) is 6.54 Å². The van der Waals surface area contributed by atoms with E-state index in [-0.39, 0.29) is 5.38 Å². The van der Waals surface area contributed by atoms with Gasteiger partial charge in [0.15, 0.2) is 0 Å². The maximum absolute atomic E-state index is 5.80. The van der Waals surface area contributed by atoms with Crippen molar-refractivity contribution in [2.24, 2.45) is 0 Å². The van der Waals surface area contributed by atoms with Crippen LogP contribution in [0.3, 0.4) is 0 Å². The predicted octanol–water partition coefficient (Wildman–Crippen LogP) is 3.17. The van der Waals surface area contributed by atoms with Gasteiger partial charge in [-0.3, -0.25) is 0 Å². The van der Waals surface area contributed by atoms with Gasteiger partial charge in [-0.25, -0.2) is 0 Å². The molecule has 0 saturated carbocycles. The van der Waals surface area contributed by atoms with E-state index in [4.69, 9.17) is 11.6 Å². The number of nitrogens with one attached hydrogen (secondary N) is 1. The van der Waals surface area contributed by atoms with E-state index >= 15 is 0 Å². The van der Waals surface area contributed by atoms with Gasteiger partial charge in [-0.15, -0.1) is 11.6 Å². The van der Waals surface area contributed by atoms with Crippen LogP contribution in [0.1, 0.15) is 12.5 Å². The summed E-state index contributed by atoms with van der Waals surface area (Å²) < 4.78 is 1.11. The minimum Gasteiger partial charge on any atom is -0.311 e. The fourth-order valence-electron chi connectivity index (χ4n) is 1.02. The number of hydrogen-bond acceptors (Lipinski definition) is 1. The topological polar surface area (TPSA) is 12.0 Å². The zero-order valence-electron chi connectivity index (χ0n) is 7.56. The Morgan fingerprint density at radius 1 is 1.38 bits per heavy atom. The highest BCUT2D eigenvalue weighted by atomic mass is 79.9. The van der Waals surface area contributed by atoms with Crippen LogP contribution < -0.4 is 5.32 Å². The molecular formula is C10H13BrClN. The lowest BCUT2D eigenvalue weighted by Gasteiger charge is -2.05. The van der Waals surface area contributed by atoms with Gasteiger partial charge in [0, 0.05) is 22.9 Å². The van der Waals surface area contributed by atoms with Crippen LogP contribution in [0.5, 0.6) is 0 Å². The molecule has 0 aromatic heterocycles. The lowest BCUT2D eigenvalue weighted by Crippen LogP contribution is -2.20. The van der Waals surface area contributed by atoms with Crippen molar-refractivity contribution in [1.82, 2.24) is 5.32 Å². The molecule has 0 saturated heterocycles. The van der Waals surface area contributed by atoms with Gasteiger partial charge in [-0.05, 0) is 24.6 Å². The van der Waals surface area contributed by atoms with E-state index in [1.165, 1.54) is 5.56 Å². The maximum atomic E-state index is 5.80. The SMILES string of the molecule is CC(Cl)CNCc1ccc(Br)cc1. The molecule has 0 amide bonds. The first-order chi connectivity index (χ1) is 6.18. The molecule has 1 unspecified atom stereocenters. The van der Waals surface area contributed by atoms with Gasteiger partial charge in [0.2, 0.25) is 0 Å². The van der Waals surface area contributed by atoms with Crippen LogP contribution in [0.2, 0.25) is 0 Å². The van der Waals surface area contributed by atoms with Crippen molar-refractivity contribution in [2.75, 3.05) is 6.54 Å². The van der Waals surface area contributed by atoms with Crippen LogP contribution >= 0.6 is 27.5 Å². The fourth-order valence-corrected chi connectivity index (χ4v) is 1.39. The second kappa shape index (κ2) is 5.63. The summed E-state index contributed by atoms with van der Waals surface area (Å²) in [5.74, 6) is 0. The zero-order valence-corrected chi connectivity index (χ0v) is 9.90. The second-order valence-corrected chi connectivity index (χ2v) is 4.70. The molecule has 0 fully saturated rings. The Balaban J connectivity index is 2.33. The van der Waals surface area contributed by atoms with E-state index in [0.717, 1.165) is 17.6 Å². The molecule has 0 aliphatic heterocycles. The molecule has 0 radical (unpaired) electrons. The quantitative estimate of drug-likeness (QED) is 0.822. The summed E-state index contributed by atoms with van der Waals surface area (Å²) in [6.45, 7) is 3.71. The molecular weight excluding hydrogens is 249 g/mol. The Labute approximate surface area is 92.6 Å². The third-order valence-corrected chi connectivity index (χ3v) is 2.35. The maximum Gasteiger partial charge on any atom is 0.0432 e. The smallest absolute Gasteiger partial charge is 0.0432 e. The molecule has 13 heavy (non-hydrogen) atoms. The molecule has 1 N–H and O–H groups in total. The Kier molecular flexibility index (Phi) is 4.78. The summed E-state index contributed by atoms with van der Waals surface area (Å²) in [4.78, 5) is 0. The number of halogens is 2. The van der Waals surface area contributed by atoms with E-state index < -0.39 is 0 Å². The molecule has 0 aliphatic rings. The Hall–Kier alpha value is -0.0500. The minimum atomic E-state index is 0.190. The molecule has 0 spiro atoms. The highest BCUT2D eigenvalue weighted by Gasteiger charge is 1.95. The monoisotopic (exact) mass is 261 g/mol. The molecule has 3 heteroatoms. The summed E-state index contributed by atoms with van der Waals surface area (Å²) in [6, 6.07) is 8.27. The van der Waals surface area contributed by atoms with Gasteiger partial charge < -0.3 is 5.32 Å². The van der Waals surface area contributed by atoms with Crippen molar-refractivity contribution in [3.8, 4) is 0 Å². The molecule has 0 aliphatic carbocycles. The first kappa shape index (κ1) is 11.0. The highest BCUT2D eigenvalue weighted by Crippen LogP contribution is 2.10. The largest absolute Gasteiger partial charge is 0.311 e. The van der Waals surface area contributed by atoms with E-state index in [9.17, 15) is 0 Å². The lowest BCUT2D eigenvalue weighted by molar-refractivity contribution is 0.680. The number of rotatable bonds is 4. The number of alkyl halides is 1. The molecule has 72 valence electrons. The van der Waals surface area contributed by atoms with Crippen LogP contribution in [0, 0.1) is 0 Å². The Morgan fingerprint density at radius 3 is 2.54 bits per heavy atom. The van der Waals surface area contributed by atoms with E-state index in [1.807, 2.05) is 19.1 Å². The normalized spacial score (nSPS) is 12.8. The molecule has 1 atom stereocenters. The van der Waals surface area contributed by atoms with E-state index in [2.05, 4.69) is 33.4 Å². The molecule has 0 bridgehead atoms. The van der Waals surface area contributed by atoms with Crippen molar-refractivity contribution < 1.29 is 0 Å². The van der Waals surface area contributed by atoms with Gasteiger partial charge in [0.1, 0.15) is 0 Å². The summed E-state index contributed by atoms with van der Waals surface area (Å²) in [6.07, 6.45) is 0. The minimum absolute atomic E-state index is 0.190. The van der Waals surface area contributed by atoms with Crippen LogP contribution in [0.25, 0.3) is 0 Å². The van der Waals surface area contributed by atoms with Gasteiger partial charge >= 0.3 is 0 Å². The van der Waals surface area contributed by atoms with Crippen molar-refractivity contribution in [1.29, 1.82) is 0 Å². The predicted molar refractivity (Wildman–Crippen MR) is 61.2 cm³/mol. The van der Waals surface area contributed by atoms with Crippen molar-refractivity contribution in [2.45, 2.75) is 18.8 Å². The van der Waals surface area contributed by atoms with Crippen LogP contribution in [-0.4, -0.2) is 11.9 Å². The standard InChI is InChI=1S/C10H13BrClN/c1-8(12)6-13-7-9-2-4-10(11)5-3-9/h2-5,8,13H,6-7H2,1H3. The Bertz CT molecular complexity index is 246. The van der Waals surface area contributed by atoms with Crippen molar-refractivity contribution >= 4 is 27.5 Å². The molecule has 0 heterocycles. The zero-order chi connectivity index (χ0) is 9.68. The third kappa shape index (κ3) is 4.65. The average molecular weight is 263 g/mol. The van der Waals surface area contributed by atoms with Gasteiger partial charge in [0.05, 0.1) is 0 Å². The Morgan fingerprint density at radius 2 is 2.00 bits per heavy atom. The summed E-state index contributed by atoms with van der Waals surface area (Å²) in [7, 11) is 0. The molecule has 1 aromatic carbocycles. The lowest BCUT2D eigenvalue weighted by atomic mass is 10.2.